The summed E-state index contributed by atoms with van der Waals surface area (Å²) in [5, 5.41) is 4.57. The molecule has 6 heteroatoms. The fraction of sp³-hybridized carbons (Fsp3) is 0.500. The van der Waals surface area contributed by atoms with Crippen LogP contribution in [0.25, 0.3) is 0 Å². The number of benzene rings is 1. The van der Waals surface area contributed by atoms with Crippen LogP contribution in [0.4, 0.5) is 0 Å². The van der Waals surface area contributed by atoms with Gasteiger partial charge in [0.2, 0.25) is 0 Å². The fourth-order valence-electron chi connectivity index (χ4n) is 3.16. The van der Waals surface area contributed by atoms with Gasteiger partial charge in [-0.05, 0) is 18.4 Å². The van der Waals surface area contributed by atoms with Crippen LogP contribution in [0.5, 0.6) is 0 Å². The second-order valence-electron chi connectivity index (χ2n) is 6.58. The van der Waals surface area contributed by atoms with Crippen LogP contribution in [0, 0.1) is 5.92 Å². The maximum atomic E-state index is 5.91. The summed E-state index contributed by atoms with van der Waals surface area (Å²) in [6, 6.07) is 10.4. The van der Waals surface area contributed by atoms with Crippen molar-refractivity contribution >= 4 is 17.3 Å². The highest BCUT2D eigenvalue weighted by Gasteiger charge is 2.25. The van der Waals surface area contributed by atoms with E-state index in [1.807, 2.05) is 19.3 Å². The van der Waals surface area contributed by atoms with Gasteiger partial charge in [-0.1, -0.05) is 37.3 Å². The van der Waals surface area contributed by atoms with Crippen LogP contribution in [-0.4, -0.2) is 42.6 Å². The molecule has 140 valence electrons. The SMILES string of the molecule is CCc1cnc(CNC(=NC)N2CCC(COCc3ccccc3)C2)s1. The first-order valence-corrected chi connectivity index (χ1v) is 10.1. The Morgan fingerprint density at radius 1 is 1.38 bits per heavy atom. The average molecular weight is 373 g/mol. The summed E-state index contributed by atoms with van der Waals surface area (Å²) in [6.45, 7) is 6.41. The second kappa shape index (κ2) is 9.69. The Bertz CT molecular complexity index is 701. The Morgan fingerprint density at radius 3 is 2.96 bits per heavy atom. The fourth-order valence-corrected chi connectivity index (χ4v) is 3.96. The summed E-state index contributed by atoms with van der Waals surface area (Å²) >= 11 is 1.77. The highest BCUT2D eigenvalue weighted by Crippen LogP contribution is 2.18. The van der Waals surface area contributed by atoms with Gasteiger partial charge in [0, 0.05) is 37.1 Å². The molecule has 0 amide bonds. The largest absolute Gasteiger partial charge is 0.376 e. The topological polar surface area (TPSA) is 49.8 Å². The third-order valence-electron chi connectivity index (χ3n) is 4.61. The van der Waals surface area contributed by atoms with Crippen LogP contribution in [-0.2, 0) is 24.3 Å². The number of rotatable bonds is 7. The van der Waals surface area contributed by atoms with Crippen LogP contribution >= 0.6 is 11.3 Å². The quantitative estimate of drug-likeness (QED) is 0.598. The third-order valence-corrected chi connectivity index (χ3v) is 5.75. The van der Waals surface area contributed by atoms with E-state index in [0.29, 0.717) is 12.5 Å². The highest BCUT2D eigenvalue weighted by molar-refractivity contribution is 7.11. The zero-order chi connectivity index (χ0) is 18.2. The molecular weight excluding hydrogens is 344 g/mol. The minimum atomic E-state index is 0.559. The molecule has 1 unspecified atom stereocenters. The van der Waals surface area contributed by atoms with E-state index in [4.69, 9.17) is 4.74 Å². The first kappa shape index (κ1) is 18.9. The first-order valence-electron chi connectivity index (χ1n) is 9.29. The number of likely N-dealkylation sites (tertiary alicyclic amines) is 1. The van der Waals surface area contributed by atoms with Crippen molar-refractivity contribution in [3.8, 4) is 0 Å². The summed E-state index contributed by atoms with van der Waals surface area (Å²) in [7, 11) is 1.85. The molecule has 1 fully saturated rings. The number of ether oxygens (including phenoxy) is 1. The monoisotopic (exact) mass is 372 g/mol. The molecule has 1 saturated heterocycles. The molecule has 0 radical (unpaired) electrons. The number of aromatic nitrogens is 1. The molecule has 1 N–H and O–H groups in total. The van der Waals surface area contributed by atoms with Gasteiger partial charge >= 0.3 is 0 Å². The van der Waals surface area contributed by atoms with Crippen molar-refractivity contribution in [1.29, 1.82) is 0 Å². The van der Waals surface area contributed by atoms with Crippen molar-refractivity contribution < 1.29 is 4.74 Å². The molecule has 0 bridgehead atoms. The zero-order valence-corrected chi connectivity index (χ0v) is 16.5. The first-order chi connectivity index (χ1) is 12.8. The predicted octanol–water partition coefficient (Wildman–Crippen LogP) is 3.32. The molecule has 0 spiro atoms. The maximum absolute atomic E-state index is 5.91. The van der Waals surface area contributed by atoms with Crippen LogP contribution in [0.2, 0.25) is 0 Å². The number of nitrogens with zero attached hydrogens (tertiary/aromatic N) is 3. The lowest BCUT2D eigenvalue weighted by molar-refractivity contribution is 0.0906. The van der Waals surface area contributed by atoms with E-state index in [0.717, 1.165) is 50.0 Å². The van der Waals surface area contributed by atoms with Gasteiger partial charge in [-0.3, -0.25) is 4.99 Å². The van der Waals surface area contributed by atoms with Crippen molar-refractivity contribution in [3.05, 3.63) is 52.0 Å². The second-order valence-corrected chi connectivity index (χ2v) is 7.78. The Kier molecular flexibility index (Phi) is 7.03. The Hall–Kier alpha value is -1.92. The molecule has 1 aliphatic heterocycles. The number of nitrogens with one attached hydrogen (secondary N) is 1. The van der Waals surface area contributed by atoms with Crippen molar-refractivity contribution in [2.45, 2.75) is 32.9 Å². The number of aliphatic imine (C=N–C) groups is 1. The Morgan fingerprint density at radius 2 is 2.23 bits per heavy atom. The Balaban J connectivity index is 1.41. The summed E-state index contributed by atoms with van der Waals surface area (Å²) in [4.78, 5) is 12.6. The lowest BCUT2D eigenvalue weighted by atomic mass is 10.1. The van der Waals surface area contributed by atoms with E-state index in [-0.39, 0.29) is 0 Å². The van der Waals surface area contributed by atoms with Crippen molar-refractivity contribution in [3.63, 3.8) is 0 Å². The number of aryl methyl sites for hydroxylation is 1. The van der Waals surface area contributed by atoms with E-state index in [2.05, 4.69) is 51.4 Å². The molecule has 2 heterocycles. The van der Waals surface area contributed by atoms with Gasteiger partial charge in [0.1, 0.15) is 5.01 Å². The minimum Gasteiger partial charge on any atom is -0.376 e. The lowest BCUT2D eigenvalue weighted by Gasteiger charge is -2.21. The van der Waals surface area contributed by atoms with E-state index < -0.39 is 0 Å². The summed E-state index contributed by atoms with van der Waals surface area (Å²) in [6.07, 6.45) is 4.16. The number of thiazole rings is 1. The standard InChI is InChI=1S/C20H28N4OS/c1-3-18-11-22-19(26-18)12-23-20(21-2)24-10-9-17(13-24)15-25-14-16-7-5-4-6-8-16/h4-8,11,17H,3,9-10,12-15H2,1-2H3,(H,21,23). The molecule has 1 atom stereocenters. The van der Waals surface area contributed by atoms with Crippen molar-refractivity contribution in [2.75, 3.05) is 26.7 Å². The molecule has 1 aromatic heterocycles. The van der Waals surface area contributed by atoms with Gasteiger partial charge < -0.3 is 15.0 Å². The highest BCUT2D eigenvalue weighted by atomic mass is 32.1. The molecule has 1 aliphatic rings. The summed E-state index contributed by atoms with van der Waals surface area (Å²) in [5.74, 6) is 1.52. The van der Waals surface area contributed by atoms with Crippen LogP contribution < -0.4 is 5.32 Å². The normalized spacial score (nSPS) is 17.7. The van der Waals surface area contributed by atoms with Gasteiger partial charge in [-0.15, -0.1) is 11.3 Å². The van der Waals surface area contributed by atoms with Gasteiger partial charge in [-0.25, -0.2) is 4.98 Å². The number of guanidine groups is 1. The molecule has 5 nitrogen and oxygen atoms in total. The van der Waals surface area contributed by atoms with Gasteiger partial charge in [0.05, 0.1) is 19.8 Å². The van der Waals surface area contributed by atoms with Crippen LogP contribution in [0.15, 0.2) is 41.5 Å². The molecule has 1 aromatic carbocycles. The smallest absolute Gasteiger partial charge is 0.194 e. The minimum absolute atomic E-state index is 0.559. The number of hydrogen-bond donors (Lipinski definition) is 1. The number of hydrogen-bond acceptors (Lipinski definition) is 4. The van der Waals surface area contributed by atoms with Crippen LogP contribution in [0.1, 0.15) is 28.8 Å². The van der Waals surface area contributed by atoms with Crippen molar-refractivity contribution in [1.82, 2.24) is 15.2 Å². The average Bonchev–Trinajstić information content (AvgIpc) is 3.33. The van der Waals surface area contributed by atoms with E-state index in [1.165, 1.54) is 10.4 Å². The van der Waals surface area contributed by atoms with Crippen molar-refractivity contribution in [2.24, 2.45) is 10.9 Å². The van der Waals surface area contributed by atoms with Crippen LogP contribution in [0.3, 0.4) is 0 Å². The molecule has 3 rings (SSSR count). The Labute approximate surface area is 160 Å². The molecule has 0 saturated carbocycles. The zero-order valence-electron chi connectivity index (χ0n) is 15.6. The van der Waals surface area contributed by atoms with Gasteiger partial charge in [0.25, 0.3) is 0 Å². The summed E-state index contributed by atoms with van der Waals surface area (Å²) in [5.41, 5.74) is 1.23. The molecular formula is C20H28N4OS. The van der Waals surface area contributed by atoms with E-state index in [1.54, 1.807) is 11.3 Å². The van der Waals surface area contributed by atoms with E-state index in [9.17, 15) is 0 Å². The summed E-state index contributed by atoms with van der Waals surface area (Å²) < 4.78 is 5.91. The predicted molar refractivity (Wildman–Crippen MR) is 107 cm³/mol. The van der Waals surface area contributed by atoms with Gasteiger partial charge in [0.15, 0.2) is 5.96 Å². The molecule has 2 aromatic rings. The molecule has 26 heavy (non-hydrogen) atoms. The lowest BCUT2D eigenvalue weighted by Crippen LogP contribution is -2.39. The maximum Gasteiger partial charge on any atom is 0.194 e. The van der Waals surface area contributed by atoms with Gasteiger partial charge in [-0.2, -0.15) is 0 Å². The van der Waals surface area contributed by atoms with E-state index >= 15 is 0 Å². The third kappa shape index (κ3) is 5.29. The molecule has 0 aliphatic carbocycles.